The van der Waals surface area contributed by atoms with Gasteiger partial charge >= 0.3 is 0 Å². The van der Waals surface area contributed by atoms with Crippen molar-refractivity contribution in [2.45, 2.75) is 45.1 Å². The van der Waals surface area contributed by atoms with Gasteiger partial charge < -0.3 is 5.32 Å². The Morgan fingerprint density at radius 2 is 1.94 bits per heavy atom. The summed E-state index contributed by atoms with van der Waals surface area (Å²) in [6.45, 7) is 3.08. The molecule has 0 spiro atoms. The smallest absolute Gasteiger partial charge is 0.269 e. The maximum atomic E-state index is 12.2. The molecule has 0 radical (unpaired) electrons. The normalized spacial score (nSPS) is 21.4. The minimum absolute atomic E-state index is 0.248. The molecule has 4 nitrogen and oxygen atoms in total. The van der Waals surface area contributed by atoms with Crippen LogP contribution >= 0.6 is 0 Å². The van der Waals surface area contributed by atoms with Crippen molar-refractivity contribution < 1.29 is 0 Å². The van der Waals surface area contributed by atoms with Crippen molar-refractivity contribution in [3.05, 3.63) is 21.6 Å². The summed E-state index contributed by atoms with van der Waals surface area (Å²) in [5.41, 5.74) is 2.51. The second-order valence-electron chi connectivity index (χ2n) is 5.39. The number of piperidine rings is 1. The Morgan fingerprint density at radius 1 is 1.18 bits per heavy atom. The minimum atomic E-state index is 0.248. The zero-order chi connectivity index (χ0) is 11.7. The topological polar surface area (TPSA) is 49.8 Å². The van der Waals surface area contributed by atoms with Crippen molar-refractivity contribution in [1.82, 2.24) is 15.1 Å². The first kappa shape index (κ1) is 11.1. The lowest BCUT2D eigenvalue weighted by Gasteiger charge is -2.22. The number of rotatable bonds is 2. The van der Waals surface area contributed by atoms with Crippen LogP contribution in [0.4, 0.5) is 0 Å². The van der Waals surface area contributed by atoms with Crippen molar-refractivity contribution in [1.29, 1.82) is 0 Å². The molecule has 2 heterocycles. The summed E-state index contributed by atoms with van der Waals surface area (Å²) < 4.78 is 1.87. The summed E-state index contributed by atoms with van der Waals surface area (Å²) in [5.74, 6) is 0.661. The number of aryl methyl sites for hydroxylation is 1. The molecule has 2 N–H and O–H groups in total. The third-order valence-corrected chi connectivity index (χ3v) is 4.14. The van der Waals surface area contributed by atoms with E-state index in [9.17, 15) is 4.79 Å². The molecule has 1 aliphatic carbocycles. The number of nitrogens with zero attached hydrogens (tertiary/aromatic N) is 1. The Bertz CT molecular complexity index is 440. The van der Waals surface area contributed by atoms with E-state index in [2.05, 4.69) is 10.4 Å². The largest absolute Gasteiger partial charge is 0.317 e. The predicted octanol–water partition coefficient (Wildman–Crippen LogP) is 1.05. The highest BCUT2D eigenvalue weighted by Gasteiger charge is 2.20. The van der Waals surface area contributed by atoms with Crippen LogP contribution in [0.25, 0.3) is 0 Å². The molecular formula is C13H21N3O. The molecule has 0 bridgehead atoms. The number of H-pyrrole nitrogens is 1. The monoisotopic (exact) mass is 235 g/mol. The lowest BCUT2D eigenvalue weighted by atomic mass is 9.98. The first-order valence-electron chi connectivity index (χ1n) is 6.86. The van der Waals surface area contributed by atoms with Crippen LogP contribution in [0.1, 0.15) is 36.9 Å². The number of aromatic amines is 1. The molecule has 17 heavy (non-hydrogen) atoms. The van der Waals surface area contributed by atoms with E-state index >= 15 is 0 Å². The molecule has 0 unspecified atom stereocenters. The van der Waals surface area contributed by atoms with Gasteiger partial charge in [-0.3, -0.25) is 14.6 Å². The van der Waals surface area contributed by atoms with Crippen LogP contribution in [0.5, 0.6) is 0 Å². The van der Waals surface area contributed by atoms with Crippen molar-refractivity contribution in [3.8, 4) is 0 Å². The third-order valence-electron chi connectivity index (χ3n) is 4.14. The van der Waals surface area contributed by atoms with Crippen molar-refractivity contribution in [2.24, 2.45) is 5.92 Å². The van der Waals surface area contributed by atoms with Crippen LogP contribution in [0.15, 0.2) is 4.79 Å². The molecule has 1 aliphatic heterocycles. The summed E-state index contributed by atoms with van der Waals surface area (Å²) in [5, 5.41) is 6.70. The Labute approximate surface area is 101 Å². The van der Waals surface area contributed by atoms with E-state index in [1.807, 2.05) is 4.68 Å². The molecule has 3 rings (SSSR count). The molecule has 1 aromatic heterocycles. The van der Waals surface area contributed by atoms with Crippen LogP contribution in [0.3, 0.4) is 0 Å². The summed E-state index contributed by atoms with van der Waals surface area (Å²) in [4.78, 5) is 12.2. The predicted molar refractivity (Wildman–Crippen MR) is 67.3 cm³/mol. The number of aromatic nitrogens is 2. The van der Waals surface area contributed by atoms with Gasteiger partial charge in [-0.1, -0.05) is 0 Å². The third kappa shape index (κ3) is 2.18. The fraction of sp³-hybridized carbons (Fsp3) is 0.769. The summed E-state index contributed by atoms with van der Waals surface area (Å²) in [6.07, 6.45) is 6.81. The second kappa shape index (κ2) is 4.69. The van der Waals surface area contributed by atoms with E-state index in [0.29, 0.717) is 5.92 Å². The highest BCUT2D eigenvalue weighted by molar-refractivity contribution is 5.20. The van der Waals surface area contributed by atoms with Crippen LogP contribution < -0.4 is 10.9 Å². The van der Waals surface area contributed by atoms with E-state index < -0.39 is 0 Å². The fourth-order valence-corrected chi connectivity index (χ4v) is 3.09. The van der Waals surface area contributed by atoms with Crippen LogP contribution in [-0.4, -0.2) is 22.9 Å². The summed E-state index contributed by atoms with van der Waals surface area (Å²) in [7, 11) is 0. The number of nitrogens with one attached hydrogen (secondary N) is 2. The minimum Gasteiger partial charge on any atom is -0.317 e. The van der Waals surface area contributed by atoms with E-state index in [4.69, 9.17) is 0 Å². The van der Waals surface area contributed by atoms with Gasteiger partial charge in [-0.05, 0) is 57.5 Å². The highest BCUT2D eigenvalue weighted by Crippen LogP contribution is 2.18. The molecule has 4 heteroatoms. The molecule has 0 saturated carbocycles. The fourth-order valence-electron chi connectivity index (χ4n) is 3.09. The van der Waals surface area contributed by atoms with E-state index in [1.165, 1.54) is 31.4 Å². The van der Waals surface area contributed by atoms with Crippen molar-refractivity contribution in [3.63, 3.8) is 0 Å². The van der Waals surface area contributed by atoms with E-state index in [0.717, 1.165) is 38.0 Å². The molecule has 1 fully saturated rings. The number of hydrogen-bond acceptors (Lipinski definition) is 2. The maximum absolute atomic E-state index is 12.2. The first-order valence-corrected chi connectivity index (χ1v) is 6.86. The Balaban J connectivity index is 1.78. The van der Waals surface area contributed by atoms with Gasteiger partial charge in [0.2, 0.25) is 0 Å². The van der Waals surface area contributed by atoms with Crippen LogP contribution in [0.2, 0.25) is 0 Å². The lowest BCUT2D eigenvalue weighted by Crippen LogP contribution is -2.32. The van der Waals surface area contributed by atoms with Crippen LogP contribution in [-0.2, 0) is 19.4 Å². The maximum Gasteiger partial charge on any atom is 0.269 e. The average molecular weight is 235 g/mol. The van der Waals surface area contributed by atoms with Gasteiger partial charge in [-0.15, -0.1) is 0 Å². The highest BCUT2D eigenvalue weighted by atomic mass is 16.1. The van der Waals surface area contributed by atoms with Gasteiger partial charge in [-0.25, -0.2) is 0 Å². The summed E-state index contributed by atoms with van der Waals surface area (Å²) in [6, 6.07) is 0. The standard InChI is InChI=1S/C13H21N3O/c17-13-11-3-1-2-4-12(11)15-16(13)9-10-5-7-14-8-6-10/h10,14-15H,1-9H2. The number of fused-ring (bicyclic) bond motifs is 1. The molecule has 2 aliphatic rings. The molecule has 0 atom stereocenters. The lowest BCUT2D eigenvalue weighted by molar-refractivity contribution is 0.317. The number of hydrogen-bond donors (Lipinski definition) is 2. The Hall–Kier alpha value is -1.03. The molecule has 0 amide bonds. The zero-order valence-electron chi connectivity index (χ0n) is 10.3. The van der Waals surface area contributed by atoms with Crippen molar-refractivity contribution >= 4 is 0 Å². The second-order valence-corrected chi connectivity index (χ2v) is 5.39. The Morgan fingerprint density at radius 3 is 2.71 bits per heavy atom. The van der Waals surface area contributed by atoms with Gasteiger partial charge in [-0.2, -0.15) is 0 Å². The molecule has 1 saturated heterocycles. The average Bonchev–Trinajstić information content (AvgIpc) is 2.68. The molecule has 1 aromatic rings. The molecular weight excluding hydrogens is 214 g/mol. The van der Waals surface area contributed by atoms with Crippen LogP contribution in [0, 0.1) is 5.92 Å². The molecule has 94 valence electrons. The van der Waals surface area contributed by atoms with Gasteiger partial charge in [0.1, 0.15) is 0 Å². The van der Waals surface area contributed by atoms with Gasteiger partial charge in [0.05, 0.1) is 0 Å². The van der Waals surface area contributed by atoms with E-state index in [-0.39, 0.29) is 5.56 Å². The van der Waals surface area contributed by atoms with Gasteiger partial charge in [0, 0.05) is 17.8 Å². The zero-order valence-corrected chi connectivity index (χ0v) is 10.3. The Kier molecular flexibility index (Phi) is 3.05. The van der Waals surface area contributed by atoms with E-state index in [1.54, 1.807) is 0 Å². The van der Waals surface area contributed by atoms with Gasteiger partial charge in [0.15, 0.2) is 0 Å². The quantitative estimate of drug-likeness (QED) is 0.805. The SMILES string of the molecule is O=c1c2c([nH]n1CC1CCNCC1)CCCC2. The summed E-state index contributed by atoms with van der Waals surface area (Å²) >= 11 is 0. The first-order chi connectivity index (χ1) is 8.34. The molecule has 0 aromatic carbocycles. The van der Waals surface area contributed by atoms with Crippen molar-refractivity contribution in [2.75, 3.05) is 13.1 Å². The van der Waals surface area contributed by atoms with Gasteiger partial charge in [0.25, 0.3) is 5.56 Å².